The van der Waals surface area contributed by atoms with Crippen molar-refractivity contribution in [3.8, 4) is 5.75 Å². The van der Waals surface area contributed by atoms with Crippen molar-refractivity contribution in [2.75, 3.05) is 13.7 Å². The lowest BCUT2D eigenvalue weighted by molar-refractivity contribution is -0.182. The lowest BCUT2D eigenvalue weighted by atomic mass is 10.0. The Morgan fingerprint density at radius 3 is 3.08 bits per heavy atom. The van der Waals surface area contributed by atoms with Gasteiger partial charge in [-0.15, -0.1) is 0 Å². The number of hydrogen-bond donors (Lipinski definition) is 0. The van der Waals surface area contributed by atoms with Crippen molar-refractivity contribution >= 4 is 0 Å². The van der Waals surface area contributed by atoms with E-state index in [-0.39, 0.29) is 6.10 Å². The van der Waals surface area contributed by atoms with Crippen LogP contribution in [0.5, 0.6) is 5.75 Å². The Morgan fingerprint density at radius 2 is 2.33 bits per heavy atom. The fourth-order valence-corrected chi connectivity index (χ4v) is 3.20. The number of aryl methyl sites for hydroxylation is 1. The number of methoxy groups -OCH3 is 1. The molecule has 0 N–H and O–H groups in total. The summed E-state index contributed by atoms with van der Waals surface area (Å²) in [4.78, 5) is 4.13. The summed E-state index contributed by atoms with van der Waals surface area (Å²) < 4.78 is 19.8. The Bertz CT molecular complexity index is 629. The predicted molar refractivity (Wildman–Crippen MR) is 92.0 cm³/mol. The van der Waals surface area contributed by atoms with E-state index >= 15 is 0 Å². The molecule has 130 valence electrons. The first-order valence-corrected chi connectivity index (χ1v) is 8.63. The van der Waals surface area contributed by atoms with E-state index in [0.717, 1.165) is 31.4 Å². The first-order chi connectivity index (χ1) is 11.7. The van der Waals surface area contributed by atoms with Crippen molar-refractivity contribution in [1.82, 2.24) is 9.55 Å². The number of benzene rings is 1. The van der Waals surface area contributed by atoms with Gasteiger partial charge < -0.3 is 18.8 Å². The minimum absolute atomic E-state index is 0.184. The lowest BCUT2D eigenvalue weighted by Gasteiger charge is -2.28. The van der Waals surface area contributed by atoms with E-state index in [1.165, 1.54) is 5.56 Å². The van der Waals surface area contributed by atoms with Crippen LogP contribution < -0.4 is 4.74 Å². The van der Waals surface area contributed by atoms with Crippen LogP contribution in [0.2, 0.25) is 0 Å². The monoisotopic (exact) mass is 330 g/mol. The topological polar surface area (TPSA) is 45.5 Å². The van der Waals surface area contributed by atoms with E-state index in [0.29, 0.717) is 13.2 Å². The normalized spacial score (nSPS) is 23.5. The fourth-order valence-electron chi connectivity index (χ4n) is 3.20. The van der Waals surface area contributed by atoms with Gasteiger partial charge in [0.05, 0.1) is 32.7 Å². The number of hydrogen-bond acceptors (Lipinski definition) is 4. The van der Waals surface area contributed by atoms with Gasteiger partial charge >= 0.3 is 0 Å². The van der Waals surface area contributed by atoms with Crippen LogP contribution in [-0.2, 0) is 22.4 Å². The molecule has 0 radical (unpaired) electrons. The molecule has 5 heteroatoms. The van der Waals surface area contributed by atoms with Gasteiger partial charge in [0.2, 0.25) is 0 Å². The fraction of sp³-hybridized carbons (Fsp3) is 0.526. The van der Waals surface area contributed by atoms with Crippen LogP contribution in [0.3, 0.4) is 0 Å². The van der Waals surface area contributed by atoms with Crippen LogP contribution >= 0.6 is 0 Å². The molecule has 2 aromatic rings. The van der Waals surface area contributed by atoms with Gasteiger partial charge in [0, 0.05) is 18.8 Å². The maximum absolute atomic E-state index is 6.34. The number of imidazole rings is 1. The van der Waals surface area contributed by atoms with Crippen molar-refractivity contribution < 1.29 is 14.2 Å². The van der Waals surface area contributed by atoms with Crippen molar-refractivity contribution in [2.24, 2.45) is 0 Å². The highest BCUT2D eigenvalue weighted by atomic mass is 16.7. The maximum Gasteiger partial charge on any atom is 0.187 e. The molecule has 0 aliphatic carbocycles. The Balaban J connectivity index is 1.70. The smallest absolute Gasteiger partial charge is 0.187 e. The number of aromatic nitrogens is 2. The molecule has 1 fully saturated rings. The van der Waals surface area contributed by atoms with E-state index in [2.05, 4.69) is 24.0 Å². The third-order valence-corrected chi connectivity index (χ3v) is 4.44. The SMILES string of the molecule is CCCC1COC(CCc2cccc(OC)c2)(Cn2ccnc2)O1. The summed E-state index contributed by atoms with van der Waals surface area (Å²) in [7, 11) is 1.69. The minimum atomic E-state index is -0.580. The molecule has 2 atom stereocenters. The molecule has 1 aromatic heterocycles. The second kappa shape index (κ2) is 7.81. The van der Waals surface area contributed by atoms with E-state index in [9.17, 15) is 0 Å². The Morgan fingerprint density at radius 1 is 1.42 bits per heavy atom. The summed E-state index contributed by atoms with van der Waals surface area (Å²) in [6.07, 6.45) is 9.55. The zero-order valence-corrected chi connectivity index (χ0v) is 14.5. The molecule has 0 amide bonds. The summed E-state index contributed by atoms with van der Waals surface area (Å²) in [5, 5.41) is 0. The maximum atomic E-state index is 6.34. The van der Waals surface area contributed by atoms with E-state index in [4.69, 9.17) is 14.2 Å². The average molecular weight is 330 g/mol. The number of rotatable bonds is 8. The molecular formula is C19H26N2O3. The van der Waals surface area contributed by atoms with Gasteiger partial charge in [0.1, 0.15) is 5.75 Å². The van der Waals surface area contributed by atoms with E-state index < -0.39 is 5.79 Å². The summed E-state index contributed by atoms with van der Waals surface area (Å²) in [6.45, 7) is 3.51. The first-order valence-electron chi connectivity index (χ1n) is 8.63. The largest absolute Gasteiger partial charge is 0.497 e. The van der Waals surface area contributed by atoms with Gasteiger partial charge in [-0.3, -0.25) is 0 Å². The highest BCUT2D eigenvalue weighted by Gasteiger charge is 2.41. The molecule has 2 unspecified atom stereocenters. The van der Waals surface area contributed by atoms with Gasteiger partial charge in [-0.1, -0.05) is 25.5 Å². The lowest BCUT2D eigenvalue weighted by Crippen LogP contribution is -2.36. The third kappa shape index (κ3) is 4.16. The van der Waals surface area contributed by atoms with Crippen molar-refractivity contribution in [1.29, 1.82) is 0 Å². The molecule has 0 bridgehead atoms. The summed E-state index contributed by atoms with van der Waals surface area (Å²) in [6, 6.07) is 8.17. The molecule has 3 rings (SSSR count). The minimum Gasteiger partial charge on any atom is -0.497 e. The van der Waals surface area contributed by atoms with Crippen molar-refractivity contribution in [2.45, 2.75) is 51.0 Å². The zero-order chi connectivity index (χ0) is 16.8. The van der Waals surface area contributed by atoms with Gasteiger partial charge in [-0.25, -0.2) is 4.98 Å². The quantitative estimate of drug-likeness (QED) is 0.744. The Hall–Kier alpha value is -1.85. The predicted octanol–water partition coefficient (Wildman–Crippen LogP) is 3.44. The third-order valence-electron chi connectivity index (χ3n) is 4.44. The number of ether oxygens (including phenoxy) is 3. The Kier molecular flexibility index (Phi) is 5.53. The standard InChI is InChI=1S/C19H26N2O3/c1-3-5-18-13-23-19(24-18,14-21-11-10-20-15-21)9-8-16-6-4-7-17(12-16)22-2/h4,6-7,10-12,15,18H,3,5,8-9,13-14H2,1-2H3. The molecule has 24 heavy (non-hydrogen) atoms. The van der Waals surface area contributed by atoms with Crippen LogP contribution in [0.25, 0.3) is 0 Å². The molecule has 0 spiro atoms. The summed E-state index contributed by atoms with van der Waals surface area (Å²) in [5.74, 6) is 0.303. The molecular weight excluding hydrogens is 304 g/mol. The van der Waals surface area contributed by atoms with Crippen LogP contribution in [-0.4, -0.2) is 35.2 Å². The number of nitrogens with zero attached hydrogens (tertiary/aromatic N) is 2. The highest BCUT2D eigenvalue weighted by molar-refractivity contribution is 5.28. The van der Waals surface area contributed by atoms with Crippen LogP contribution in [0, 0.1) is 0 Å². The van der Waals surface area contributed by atoms with Gasteiger partial charge in [0.15, 0.2) is 5.79 Å². The first kappa shape index (κ1) is 17.0. The van der Waals surface area contributed by atoms with Gasteiger partial charge in [-0.2, -0.15) is 0 Å². The summed E-state index contributed by atoms with van der Waals surface area (Å²) in [5.41, 5.74) is 1.23. The molecule has 1 aliphatic rings. The van der Waals surface area contributed by atoms with Gasteiger partial charge in [0.25, 0.3) is 0 Å². The Labute approximate surface area is 143 Å². The highest BCUT2D eigenvalue weighted by Crippen LogP contribution is 2.32. The van der Waals surface area contributed by atoms with Crippen LogP contribution in [0.15, 0.2) is 43.0 Å². The van der Waals surface area contributed by atoms with Crippen LogP contribution in [0.1, 0.15) is 31.7 Å². The van der Waals surface area contributed by atoms with Crippen LogP contribution in [0.4, 0.5) is 0 Å². The molecule has 5 nitrogen and oxygen atoms in total. The van der Waals surface area contributed by atoms with E-state index in [1.807, 2.05) is 29.2 Å². The molecule has 0 saturated carbocycles. The zero-order valence-electron chi connectivity index (χ0n) is 14.5. The summed E-state index contributed by atoms with van der Waals surface area (Å²) >= 11 is 0. The second-order valence-corrected chi connectivity index (χ2v) is 6.34. The molecule has 2 heterocycles. The van der Waals surface area contributed by atoms with E-state index in [1.54, 1.807) is 13.3 Å². The molecule has 1 aromatic carbocycles. The molecule has 1 aliphatic heterocycles. The van der Waals surface area contributed by atoms with Crippen molar-refractivity contribution in [3.05, 3.63) is 48.5 Å². The average Bonchev–Trinajstić information content (AvgIpc) is 3.25. The van der Waals surface area contributed by atoms with Crippen molar-refractivity contribution in [3.63, 3.8) is 0 Å². The van der Waals surface area contributed by atoms with Gasteiger partial charge in [-0.05, 0) is 30.5 Å². The second-order valence-electron chi connectivity index (χ2n) is 6.34. The molecule has 1 saturated heterocycles.